The molecule has 1 fully saturated rings. The standard InChI is InChI=1S/C25H28N2O3/c1-2-30-21-13-11-20(12-14-21)26-24(29)25-16-7-6-10-22(25)27(23(28)15-17-25)18-19-8-4-3-5-9-19/h3-5,8-14H,2,6-7,15-18H2,1H3,(H,26,29). The van der Waals surface area contributed by atoms with Crippen molar-refractivity contribution in [2.45, 2.75) is 45.6 Å². The van der Waals surface area contributed by atoms with Gasteiger partial charge in [0.1, 0.15) is 5.75 Å². The molecule has 2 aromatic carbocycles. The zero-order valence-electron chi connectivity index (χ0n) is 17.4. The molecule has 30 heavy (non-hydrogen) atoms. The largest absolute Gasteiger partial charge is 0.494 e. The zero-order valence-corrected chi connectivity index (χ0v) is 17.4. The fourth-order valence-corrected chi connectivity index (χ4v) is 4.51. The topological polar surface area (TPSA) is 58.6 Å². The Morgan fingerprint density at radius 1 is 1.10 bits per heavy atom. The van der Waals surface area contributed by atoms with Crippen LogP contribution in [0.25, 0.3) is 0 Å². The molecule has 2 aliphatic rings. The molecule has 5 heteroatoms. The maximum Gasteiger partial charge on any atom is 0.236 e. The van der Waals surface area contributed by atoms with Gasteiger partial charge in [0.15, 0.2) is 0 Å². The first-order chi connectivity index (χ1) is 14.6. The molecule has 0 saturated carbocycles. The van der Waals surface area contributed by atoms with Crippen LogP contribution in [0, 0.1) is 5.41 Å². The minimum absolute atomic E-state index is 0.0248. The predicted molar refractivity (Wildman–Crippen MR) is 117 cm³/mol. The van der Waals surface area contributed by atoms with Gasteiger partial charge in [-0.3, -0.25) is 9.59 Å². The molecule has 0 bridgehead atoms. The van der Waals surface area contributed by atoms with E-state index in [0.29, 0.717) is 26.0 Å². The van der Waals surface area contributed by atoms with Crippen molar-refractivity contribution in [3.05, 3.63) is 71.9 Å². The number of fused-ring (bicyclic) bond motifs is 1. The van der Waals surface area contributed by atoms with Crippen molar-refractivity contribution in [2.24, 2.45) is 5.41 Å². The number of nitrogens with one attached hydrogen (secondary N) is 1. The summed E-state index contributed by atoms with van der Waals surface area (Å²) in [6, 6.07) is 17.4. The summed E-state index contributed by atoms with van der Waals surface area (Å²) in [6.45, 7) is 3.05. The highest BCUT2D eigenvalue weighted by Crippen LogP contribution is 2.48. The lowest BCUT2D eigenvalue weighted by atomic mass is 9.69. The molecule has 1 saturated heterocycles. The van der Waals surface area contributed by atoms with Gasteiger partial charge in [0.2, 0.25) is 11.8 Å². The molecule has 1 atom stereocenters. The Bertz CT molecular complexity index is 937. The number of nitrogens with zero attached hydrogens (tertiary/aromatic N) is 1. The van der Waals surface area contributed by atoms with E-state index in [1.165, 1.54) is 0 Å². The van der Waals surface area contributed by atoms with Gasteiger partial charge in [0.05, 0.1) is 18.6 Å². The summed E-state index contributed by atoms with van der Waals surface area (Å²) < 4.78 is 5.48. The van der Waals surface area contributed by atoms with Gasteiger partial charge in [0.25, 0.3) is 0 Å². The number of carbonyl (C=O) groups excluding carboxylic acids is 2. The Labute approximate surface area is 177 Å². The highest BCUT2D eigenvalue weighted by molar-refractivity contribution is 5.99. The number of anilines is 1. The monoisotopic (exact) mass is 404 g/mol. The van der Waals surface area contributed by atoms with Crippen LogP contribution in [0.4, 0.5) is 5.69 Å². The lowest BCUT2D eigenvalue weighted by Crippen LogP contribution is -2.50. The second-order valence-electron chi connectivity index (χ2n) is 7.94. The average molecular weight is 405 g/mol. The molecule has 1 N–H and O–H groups in total. The van der Waals surface area contributed by atoms with Crippen LogP contribution in [-0.2, 0) is 16.1 Å². The maximum absolute atomic E-state index is 13.5. The van der Waals surface area contributed by atoms with E-state index in [0.717, 1.165) is 42.0 Å². The summed E-state index contributed by atoms with van der Waals surface area (Å²) in [6.07, 6.45) is 5.66. The van der Waals surface area contributed by atoms with Gasteiger partial charge < -0.3 is 15.0 Å². The SMILES string of the molecule is CCOc1ccc(NC(=O)C23CCCC=C2N(Cc2ccccc2)C(=O)CC3)cc1. The summed E-state index contributed by atoms with van der Waals surface area (Å²) in [5.41, 5.74) is 2.03. The summed E-state index contributed by atoms with van der Waals surface area (Å²) in [5.74, 6) is 0.851. The van der Waals surface area contributed by atoms with Crippen LogP contribution in [0.3, 0.4) is 0 Å². The highest BCUT2D eigenvalue weighted by Gasteiger charge is 2.49. The van der Waals surface area contributed by atoms with E-state index >= 15 is 0 Å². The first-order valence-corrected chi connectivity index (χ1v) is 10.7. The third-order valence-corrected chi connectivity index (χ3v) is 6.03. The van der Waals surface area contributed by atoms with Crippen LogP contribution in [0.2, 0.25) is 0 Å². The number of hydrogen-bond donors (Lipinski definition) is 1. The van der Waals surface area contributed by atoms with Crippen molar-refractivity contribution < 1.29 is 14.3 Å². The van der Waals surface area contributed by atoms with Gasteiger partial charge in [-0.15, -0.1) is 0 Å². The van der Waals surface area contributed by atoms with Crippen molar-refractivity contribution in [1.29, 1.82) is 0 Å². The van der Waals surface area contributed by atoms with Crippen LogP contribution in [0.1, 0.15) is 44.6 Å². The normalized spacial score (nSPS) is 20.9. The predicted octanol–water partition coefficient (Wildman–Crippen LogP) is 4.90. The first-order valence-electron chi connectivity index (χ1n) is 10.7. The molecule has 1 unspecified atom stereocenters. The highest BCUT2D eigenvalue weighted by atomic mass is 16.5. The summed E-state index contributed by atoms with van der Waals surface area (Å²) in [4.78, 5) is 28.2. The molecule has 0 spiro atoms. The van der Waals surface area contributed by atoms with Gasteiger partial charge in [-0.05, 0) is 62.4 Å². The minimum atomic E-state index is -0.653. The second-order valence-corrected chi connectivity index (χ2v) is 7.94. The Balaban J connectivity index is 1.58. The van der Waals surface area contributed by atoms with Crippen molar-refractivity contribution in [3.63, 3.8) is 0 Å². The van der Waals surface area contributed by atoms with Crippen LogP contribution >= 0.6 is 0 Å². The molecule has 2 aromatic rings. The van der Waals surface area contributed by atoms with Crippen LogP contribution < -0.4 is 10.1 Å². The second kappa shape index (κ2) is 8.74. The van der Waals surface area contributed by atoms with E-state index in [2.05, 4.69) is 11.4 Å². The quantitative estimate of drug-likeness (QED) is 0.745. The fourth-order valence-electron chi connectivity index (χ4n) is 4.51. The number of rotatable bonds is 6. The van der Waals surface area contributed by atoms with Crippen molar-refractivity contribution in [2.75, 3.05) is 11.9 Å². The third-order valence-electron chi connectivity index (χ3n) is 6.03. The number of piperidine rings is 1. The van der Waals surface area contributed by atoms with Gasteiger partial charge in [-0.1, -0.05) is 36.4 Å². The van der Waals surface area contributed by atoms with Crippen molar-refractivity contribution in [1.82, 2.24) is 4.90 Å². The smallest absolute Gasteiger partial charge is 0.236 e. The zero-order chi connectivity index (χ0) is 21.0. The number of carbonyl (C=O) groups is 2. The third kappa shape index (κ3) is 3.97. The molecular weight excluding hydrogens is 376 g/mol. The molecule has 0 radical (unpaired) electrons. The number of allylic oxidation sites excluding steroid dienone is 1. The molecule has 1 aliphatic carbocycles. The Hall–Kier alpha value is -3.08. The number of ether oxygens (including phenoxy) is 1. The van der Waals surface area contributed by atoms with Gasteiger partial charge >= 0.3 is 0 Å². The fraction of sp³-hybridized carbons (Fsp3) is 0.360. The lowest BCUT2D eigenvalue weighted by Gasteiger charge is -2.46. The van der Waals surface area contributed by atoms with Crippen LogP contribution in [0.5, 0.6) is 5.75 Å². The van der Waals surface area contributed by atoms with E-state index in [1.54, 1.807) is 0 Å². The Morgan fingerprint density at radius 3 is 2.60 bits per heavy atom. The molecular formula is C25H28N2O3. The summed E-state index contributed by atoms with van der Waals surface area (Å²) in [7, 11) is 0. The van der Waals surface area contributed by atoms with Crippen molar-refractivity contribution in [3.8, 4) is 5.75 Å². The lowest BCUT2D eigenvalue weighted by molar-refractivity contribution is -0.138. The molecule has 2 amide bonds. The van der Waals surface area contributed by atoms with E-state index in [1.807, 2.05) is 66.4 Å². The molecule has 0 aromatic heterocycles. The van der Waals surface area contributed by atoms with Crippen LogP contribution in [-0.4, -0.2) is 23.3 Å². The number of benzene rings is 2. The maximum atomic E-state index is 13.5. The first kappa shape index (κ1) is 20.2. The van der Waals surface area contributed by atoms with Gasteiger partial charge in [0, 0.05) is 17.8 Å². The van der Waals surface area contributed by atoms with E-state index in [9.17, 15) is 9.59 Å². The van der Waals surface area contributed by atoms with Crippen LogP contribution in [0.15, 0.2) is 66.4 Å². The van der Waals surface area contributed by atoms with E-state index < -0.39 is 5.41 Å². The number of likely N-dealkylation sites (tertiary alicyclic amines) is 1. The summed E-state index contributed by atoms with van der Waals surface area (Å²) in [5, 5.41) is 3.10. The minimum Gasteiger partial charge on any atom is -0.494 e. The molecule has 4 rings (SSSR count). The average Bonchev–Trinajstić information content (AvgIpc) is 2.78. The Kier molecular flexibility index (Phi) is 5.88. The molecule has 1 heterocycles. The summed E-state index contributed by atoms with van der Waals surface area (Å²) >= 11 is 0. The number of amides is 2. The molecule has 5 nitrogen and oxygen atoms in total. The van der Waals surface area contributed by atoms with Gasteiger partial charge in [-0.25, -0.2) is 0 Å². The van der Waals surface area contributed by atoms with E-state index in [-0.39, 0.29) is 11.8 Å². The van der Waals surface area contributed by atoms with E-state index in [4.69, 9.17) is 4.74 Å². The molecule has 156 valence electrons. The Morgan fingerprint density at radius 2 is 1.87 bits per heavy atom. The number of hydrogen-bond acceptors (Lipinski definition) is 3. The van der Waals surface area contributed by atoms with Crippen molar-refractivity contribution >= 4 is 17.5 Å². The van der Waals surface area contributed by atoms with Gasteiger partial charge in [-0.2, -0.15) is 0 Å². The molecule has 1 aliphatic heterocycles.